The molecule has 3 aromatic rings. The topological polar surface area (TPSA) is 70.5 Å². The van der Waals surface area contributed by atoms with Crippen LogP contribution in [0.5, 0.6) is 0 Å². The first-order chi connectivity index (χ1) is 18.0. The van der Waals surface area contributed by atoms with E-state index < -0.39 is 0 Å². The van der Waals surface area contributed by atoms with Crippen LogP contribution in [0.2, 0.25) is 5.02 Å². The predicted molar refractivity (Wildman–Crippen MR) is 152 cm³/mol. The van der Waals surface area contributed by atoms with E-state index in [1.165, 1.54) is 28.8 Å². The molecule has 0 saturated heterocycles. The van der Waals surface area contributed by atoms with Gasteiger partial charge in [-0.2, -0.15) is 5.10 Å². The van der Waals surface area contributed by atoms with Crippen LogP contribution < -0.4 is 10.2 Å². The molecule has 0 spiro atoms. The molecule has 0 radical (unpaired) electrons. The number of nitrogens with zero attached hydrogens (tertiary/aromatic N) is 4. The van der Waals surface area contributed by atoms with Crippen molar-refractivity contribution < 1.29 is 14.0 Å². The average molecular weight is 558 g/mol. The van der Waals surface area contributed by atoms with Gasteiger partial charge in [-0.05, 0) is 50.0 Å². The number of benzene rings is 2. The summed E-state index contributed by atoms with van der Waals surface area (Å²) in [4.78, 5) is 30.2. The zero-order valence-corrected chi connectivity index (χ0v) is 23.9. The van der Waals surface area contributed by atoms with Gasteiger partial charge in [-0.1, -0.05) is 50.6 Å². The fraction of sp³-hybridized carbons (Fsp3) is 0.393. The van der Waals surface area contributed by atoms with Gasteiger partial charge in [0.1, 0.15) is 18.2 Å². The summed E-state index contributed by atoms with van der Waals surface area (Å²) < 4.78 is 15.6. The van der Waals surface area contributed by atoms with Crippen molar-refractivity contribution in [3.63, 3.8) is 0 Å². The molecule has 1 N–H and O–H groups in total. The van der Waals surface area contributed by atoms with E-state index in [0.29, 0.717) is 29.6 Å². The van der Waals surface area contributed by atoms with Crippen LogP contribution in [-0.4, -0.2) is 66.0 Å². The maximum atomic E-state index is 13.8. The van der Waals surface area contributed by atoms with E-state index in [1.54, 1.807) is 28.9 Å². The van der Waals surface area contributed by atoms with E-state index in [9.17, 15) is 14.0 Å². The highest BCUT2D eigenvalue weighted by atomic mass is 35.5. The lowest BCUT2D eigenvalue weighted by Gasteiger charge is -2.24. The number of carbonyl (C=O) groups excluding carboxylic acids is 2. The van der Waals surface area contributed by atoms with Gasteiger partial charge in [0.05, 0.1) is 22.4 Å². The van der Waals surface area contributed by atoms with Gasteiger partial charge in [0.15, 0.2) is 0 Å². The van der Waals surface area contributed by atoms with E-state index in [4.69, 9.17) is 16.7 Å². The smallest absolute Gasteiger partial charge is 0.240 e. The van der Waals surface area contributed by atoms with E-state index in [2.05, 4.69) is 26.1 Å². The molecule has 2 amide bonds. The Labute approximate surface area is 232 Å². The molecule has 1 aliphatic rings. The molecular weight excluding hydrogens is 525 g/mol. The molecular formula is C28H33ClFN5O2S. The number of rotatable bonds is 7. The Hall–Kier alpha value is -2.88. The minimum Gasteiger partial charge on any atom is -0.353 e. The number of likely N-dealkylation sites (N-methyl/N-ethyl adjacent to an activating group) is 1. The molecule has 0 bridgehead atoms. The Kier molecular flexibility index (Phi) is 8.49. The molecule has 1 atom stereocenters. The fourth-order valence-corrected chi connectivity index (χ4v) is 5.76. The summed E-state index contributed by atoms with van der Waals surface area (Å²) in [6, 6.07) is 13.6. The Morgan fingerprint density at radius 1 is 1.21 bits per heavy atom. The van der Waals surface area contributed by atoms with E-state index >= 15 is 0 Å². The second-order valence-electron chi connectivity index (χ2n) is 10.6. The van der Waals surface area contributed by atoms with Gasteiger partial charge in [0.2, 0.25) is 11.8 Å². The molecule has 2 aromatic carbocycles. The van der Waals surface area contributed by atoms with E-state index in [1.807, 2.05) is 31.1 Å². The molecule has 202 valence electrons. The molecule has 1 unspecified atom stereocenters. The Morgan fingerprint density at radius 2 is 1.92 bits per heavy atom. The Bertz CT molecular complexity index is 1320. The highest BCUT2D eigenvalue weighted by Gasteiger charge is 2.39. The van der Waals surface area contributed by atoms with Crippen molar-refractivity contribution in [2.45, 2.75) is 31.4 Å². The zero-order chi connectivity index (χ0) is 27.6. The molecule has 4 rings (SSSR count). The fourth-order valence-electron chi connectivity index (χ4n) is 4.38. The SMILES string of the molecule is CN(C)CCNC(=O)CN1C(=O)CSC(c2ccc(F)cc2)c2c(C(C)(C)C)nn(-c3cccc(Cl)c3)c21. The maximum absolute atomic E-state index is 13.8. The molecule has 2 heterocycles. The van der Waals surface area contributed by atoms with Crippen molar-refractivity contribution in [2.75, 3.05) is 44.4 Å². The largest absolute Gasteiger partial charge is 0.353 e. The number of carbonyl (C=O) groups is 2. The number of halogens is 2. The normalized spacial score (nSPS) is 15.9. The average Bonchev–Trinajstić information content (AvgIpc) is 3.18. The van der Waals surface area contributed by atoms with Gasteiger partial charge in [-0.3, -0.25) is 14.5 Å². The van der Waals surface area contributed by atoms with Crippen molar-refractivity contribution >= 4 is 41.0 Å². The summed E-state index contributed by atoms with van der Waals surface area (Å²) in [6.45, 7) is 7.20. The standard InChI is InChI=1S/C28H33ClFN5O2S/c1-28(2,3)26-24-25(18-9-11-20(30)12-10-18)38-17-23(37)34(16-22(36)31-13-14-33(4)5)27(24)35(32-26)21-8-6-7-19(29)15-21/h6-12,15,25H,13-14,16-17H2,1-5H3,(H,31,36). The quantitative estimate of drug-likeness (QED) is 0.451. The van der Waals surface area contributed by atoms with Gasteiger partial charge in [0, 0.05) is 29.1 Å². The van der Waals surface area contributed by atoms with E-state index in [0.717, 1.165) is 16.8 Å². The number of thioether (sulfide) groups is 1. The lowest BCUT2D eigenvalue weighted by atomic mass is 9.87. The number of amides is 2. The Morgan fingerprint density at radius 3 is 2.55 bits per heavy atom. The molecule has 1 aromatic heterocycles. The van der Waals surface area contributed by atoms with Crippen LogP contribution in [0.15, 0.2) is 48.5 Å². The van der Waals surface area contributed by atoms with Crippen LogP contribution in [0, 0.1) is 5.82 Å². The first kappa shape index (κ1) is 28.1. The Balaban J connectivity index is 1.92. The molecule has 1 aliphatic heterocycles. The molecule has 7 nitrogen and oxygen atoms in total. The number of anilines is 1. The van der Waals surface area contributed by atoms with Crippen LogP contribution in [0.4, 0.5) is 10.2 Å². The number of nitrogens with one attached hydrogen (secondary N) is 1. The van der Waals surface area contributed by atoms with Crippen LogP contribution in [-0.2, 0) is 15.0 Å². The highest BCUT2D eigenvalue weighted by Crippen LogP contribution is 2.48. The molecule has 0 fully saturated rings. The third-order valence-corrected chi connectivity index (χ3v) is 7.70. The third-order valence-electron chi connectivity index (χ3n) is 6.21. The number of hydrogen-bond acceptors (Lipinski definition) is 5. The van der Waals surface area contributed by atoms with Crippen molar-refractivity contribution in [3.8, 4) is 5.69 Å². The summed E-state index contributed by atoms with van der Waals surface area (Å²) in [5.41, 5.74) is 2.78. The molecule has 0 saturated carbocycles. The van der Waals surface area contributed by atoms with Crippen molar-refractivity contribution in [1.29, 1.82) is 0 Å². The van der Waals surface area contributed by atoms with Gasteiger partial charge < -0.3 is 10.2 Å². The second-order valence-corrected chi connectivity index (χ2v) is 12.1. The first-order valence-electron chi connectivity index (χ1n) is 12.4. The van der Waals surface area contributed by atoms with Crippen molar-refractivity contribution in [1.82, 2.24) is 20.0 Å². The second kappa shape index (κ2) is 11.5. The van der Waals surface area contributed by atoms with Crippen LogP contribution in [0.1, 0.15) is 42.8 Å². The van der Waals surface area contributed by atoms with Crippen LogP contribution in [0.3, 0.4) is 0 Å². The van der Waals surface area contributed by atoms with Crippen LogP contribution in [0.25, 0.3) is 5.69 Å². The number of fused-ring (bicyclic) bond motifs is 1. The van der Waals surface area contributed by atoms with Gasteiger partial charge in [0.25, 0.3) is 0 Å². The molecule has 0 aliphatic carbocycles. The predicted octanol–water partition coefficient (Wildman–Crippen LogP) is 4.81. The summed E-state index contributed by atoms with van der Waals surface area (Å²) >= 11 is 7.81. The first-order valence-corrected chi connectivity index (χ1v) is 13.9. The lowest BCUT2D eigenvalue weighted by molar-refractivity contribution is -0.122. The third kappa shape index (κ3) is 6.22. The monoisotopic (exact) mass is 557 g/mol. The molecule has 10 heteroatoms. The van der Waals surface area contributed by atoms with Crippen molar-refractivity contribution in [2.24, 2.45) is 0 Å². The summed E-state index contributed by atoms with van der Waals surface area (Å²) in [5.74, 6) is -0.102. The highest BCUT2D eigenvalue weighted by molar-refractivity contribution is 8.00. The van der Waals surface area contributed by atoms with Gasteiger partial charge >= 0.3 is 0 Å². The molecule has 38 heavy (non-hydrogen) atoms. The summed E-state index contributed by atoms with van der Waals surface area (Å²) in [7, 11) is 3.86. The maximum Gasteiger partial charge on any atom is 0.240 e. The number of aromatic nitrogens is 2. The zero-order valence-electron chi connectivity index (χ0n) is 22.3. The lowest BCUT2D eigenvalue weighted by Crippen LogP contribution is -2.43. The van der Waals surface area contributed by atoms with Crippen LogP contribution >= 0.6 is 23.4 Å². The number of hydrogen-bond donors (Lipinski definition) is 1. The van der Waals surface area contributed by atoms with Gasteiger partial charge in [-0.15, -0.1) is 11.8 Å². The summed E-state index contributed by atoms with van der Waals surface area (Å²) in [5, 5.41) is 8.18. The van der Waals surface area contributed by atoms with E-state index in [-0.39, 0.29) is 40.6 Å². The minimum atomic E-state index is -0.389. The summed E-state index contributed by atoms with van der Waals surface area (Å²) in [6.07, 6.45) is 0. The minimum absolute atomic E-state index is 0.147. The van der Waals surface area contributed by atoms with Gasteiger partial charge in [-0.25, -0.2) is 9.07 Å². The van der Waals surface area contributed by atoms with Crippen molar-refractivity contribution in [3.05, 3.63) is 76.2 Å².